The van der Waals surface area contributed by atoms with Gasteiger partial charge in [0.2, 0.25) is 0 Å². The second kappa shape index (κ2) is 5.85. The molecule has 0 aliphatic rings. The van der Waals surface area contributed by atoms with Crippen LogP contribution in [0.1, 0.15) is 39.4 Å². The standard InChI is InChI=1S/C14H28N4/c1-11(2)12(9-17(6)7)18-10-16-8-13(18)14(3,4)15-5/h8,10-12,15H,9H2,1-7H3. The van der Waals surface area contributed by atoms with Gasteiger partial charge in [-0.15, -0.1) is 0 Å². The number of hydrogen-bond acceptors (Lipinski definition) is 3. The number of rotatable bonds is 6. The van der Waals surface area contributed by atoms with Crippen LogP contribution in [0.5, 0.6) is 0 Å². The van der Waals surface area contributed by atoms with E-state index in [9.17, 15) is 0 Å². The van der Waals surface area contributed by atoms with Gasteiger partial charge in [0.15, 0.2) is 0 Å². The minimum absolute atomic E-state index is 0.0596. The molecule has 0 aromatic carbocycles. The zero-order chi connectivity index (χ0) is 13.9. The summed E-state index contributed by atoms with van der Waals surface area (Å²) in [4.78, 5) is 6.59. The third kappa shape index (κ3) is 3.33. The Morgan fingerprint density at radius 3 is 2.44 bits per heavy atom. The second-order valence-corrected chi connectivity index (χ2v) is 6.13. The first kappa shape index (κ1) is 15.2. The van der Waals surface area contributed by atoms with E-state index in [0.29, 0.717) is 12.0 Å². The fourth-order valence-corrected chi connectivity index (χ4v) is 2.18. The fourth-order valence-electron chi connectivity index (χ4n) is 2.18. The lowest BCUT2D eigenvalue weighted by atomic mass is 9.98. The second-order valence-electron chi connectivity index (χ2n) is 6.13. The molecule has 1 heterocycles. The van der Waals surface area contributed by atoms with Gasteiger partial charge in [0.1, 0.15) is 0 Å². The van der Waals surface area contributed by atoms with E-state index in [-0.39, 0.29) is 5.54 Å². The molecular weight excluding hydrogens is 224 g/mol. The van der Waals surface area contributed by atoms with Crippen LogP contribution >= 0.6 is 0 Å². The number of aromatic nitrogens is 2. The van der Waals surface area contributed by atoms with Crippen LogP contribution in [0.4, 0.5) is 0 Å². The van der Waals surface area contributed by atoms with Crippen LogP contribution in [0.3, 0.4) is 0 Å². The third-order valence-corrected chi connectivity index (χ3v) is 3.61. The highest BCUT2D eigenvalue weighted by molar-refractivity contribution is 5.12. The van der Waals surface area contributed by atoms with E-state index in [1.807, 2.05) is 19.6 Å². The molecule has 4 nitrogen and oxygen atoms in total. The highest BCUT2D eigenvalue weighted by atomic mass is 15.2. The van der Waals surface area contributed by atoms with Gasteiger partial charge in [-0.25, -0.2) is 4.98 Å². The van der Waals surface area contributed by atoms with Crippen LogP contribution in [-0.4, -0.2) is 42.1 Å². The van der Waals surface area contributed by atoms with Crippen molar-refractivity contribution in [3.05, 3.63) is 18.2 Å². The summed E-state index contributed by atoms with van der Waals surface area (Å²) < 4.78 is 2.32. The first-order chi connectivity index (χ1) is 8.29. The largest absolute Gasteiger partial charge is 0.328 e. The Labute approximate surface area is 111 Å². The first-order valence-corrected chi connectivity index (χ1v) is 6.65. The molecule has 0 bridgehead atoms. The molecule has 0 radical (unpaired) electrons. The molecule has 0 aliphatic heterocycles. The fraction of sp³-hybridized carbons (Fsp3) is 0.786. The molecule has 1 unspecified atom stereocenters. The molecule has 18 heavy (non-hydrogen) atoms. The average Bonchev–Trinajstić information content (AvgIpc) is 2.74. The van der Waals surface area contributed by atoms with Gasteiger partial charge >= 0.3 is 0 Å². The van der Waals surface area contributed by atoms with Gasteiger partial charge in [-0.3, -0.25) is 0 Å². The van der Waals surface area contributed by atoms with Gasteiger partial charge in [0, 0.05) is 12.6 Å². The van der Waals surface area contributed by atoms with Crippen molar-refractivity contribution in [2.75, 3.05) is 27.7 Å². The molecule has 1 N–H and O–H groups in total. The Kier molecular flexibility index (Phi) is 4.93. The van der Waals surface area contributed by atoms with Gasteiger partial charge in [-0.2, -0.15) is 0 Å². The number of hydrogen-bond donors (Lipinski definition) is 1. The van der Waals surface area contributed by atoms with Gasteiger partial charge in [-0.05, 0) is 40.9 Å². The molecule has 0 saturated heterocycles. The molecule has 0 aliphatic carbocycles. The summed E-state index contributed by atoms with van der Waals surface area (Å²) in [6.07, 6.45) is 3.93. The Bertz CT molecular complexity index is 366. The summed E-state index contributed by atoms with van der Waals surface area (Å²) in [7, 11) is 6.23. The lowest BCUT2D eigenvalue weighted by molar-refractivity contribution is 0.253. The van der Waals surface area contributed by atoms with Crippen LogP contribution < -0.4 is 5.32 Å². The van der Waals surface area contributed by atoms with Crippen molar-refractivity contribution in [2.45, 2.75) is 39.3 Å². The predicted molar refractivity (Wildman–Crippen MR) is 76.7 cm³/mol. The summed E-state index contributed by atoms with van der Waals surface area (Å²) in [5, 5.41) is 3.36. The molecule has 1 atom stereocenters. The summed E-state index contributed by atoms with van der Waals surface area (Å²) in [6, 6.07) is 0.449. The third-order valence-electron chi connectivity index (χ3n) is 3.61. The monoisotopic (exact) mass is 252 g/mol. The Morgan fingerprint density at radius 2 is 2.00 bits per heavy atom. The molecule has 1 aromatic heterocycles. The molecule has 0 saturated carbocycles. The molecule has 1 aromatic rings. The summed E-state index contributed by atoms with van der Waals surface area (Å²) in [5.74, 6) is 0.577. The maximum Gasteiger partial charge on any atom is 0.0951 e. The molecular formula is C14H28N4. The van der Waals surface area contributed by atoms with Crippen molar-refractivity contribution in [2.24, 2.45) is 5.92 Å². The Balaban J connectivity index is 3.10. The maximum atomic E-state index is 4.35. The van der Waals surface area contributed by atoms with E-state index in [0.717, 1.165) is 6.54 Å². The SMILES string of the molecule is CNC(C)(C)c1cncn1C(CN(C)C)C(C)C. The van der Waals surface area contributed by atoms with E-state index in [1.54, 1.807) is 0 Å². The average molecular weight is 252 g/mol. The predicted octanol–water partition coefficient (Wildman–Crippen LogP) is 2.10. The van der Waals surface area contributed by atoms with Crippen molar-refractivity contribution in [3.63, 3.8) is 0 Å². The molecule has 1 rings (SSSR count). The van der Waals surface area contributed by atoms with Crippen LogP contribution in [0.25, 0.3) is 0 Å². The number of nitrogens with one attached hydrogen (secondary N) is 1. The van der Waals surface area contributed by atoms with Gasteiger partial charge < -0.3 is 14.8 Å². The lowest BCUT2D eigenvalue weighted by Gasteiger charge is -2.32. The minimum atomic E-state index is -0.0596. The topological polar surface area (TPSA) is 33.1 Å². The van der Waals surface area contributed by atoms with Crippen molar-refractivity contribution >= 4 is 0 Å². The molecule has 0 fully saturated rings. The Hall–Kier alpha value is -0.870. The van der Waals surface area contributed by atoms with Crippen molar-refractivity contribution in [1.82, 2.24) is 19.8 Å². The van der Waals surface area contributed by atoms with E-state index in [1.165, 1.54) is 5.69 Å². The quantitative estimate of drug-likeness (QED) is 0.841. The van der Waals surface area contributed by atoms with Gasteiger partial charge in [0.25, 0.3) is 0 Å². The number of likely N-dealkylation sites (N-methyl/N-ethyl adjacent to an activating group) is 1. The number of imidazole rings is 1. The van der Waals surface area contributed by atoms with Crippen LogP contribution in [-0.2, 0) is 5.54 Å². The Morgan fingerprint density at radius 1 is 1.39 bits per heavy atom. The first-order valence-electron chi connectivity index (χ1n) is 6.65. The summed E-state index contributed by atoms with van der Waals surface area (Å²) in [6.45, 7) is 9.94. The van der Waals surface area contributed by atoms with Gasteiger partial charge in [0.05, 0.1) is 23.8 Å². The molecule has 0 spiro atoms. The molecule has 104 valence electrons. The zero-order valence-electron chi connectivity index (χ0n) is 12.9. The molecule has 0 amide bonds. The normalized spacial score (nSPS) is 14.5. The van der Waals surface area contributed by atoms with Crippen LogP contribution in [0.15, 0.2) is 12.5 Å². The highest BCUT2D eigenvalue weighted by Crippen LogP contribution is 2.26. The van der Waals surface area contributed by atoms with Gasteiger partial charge in [-0.1, -0.05) is 13.8 Å². The van der Waals surface area contributed by atoms with E-state index >= 15 is 0 Å². The smallest absolute Gasteiger partial charge is 0.0951 e. The van der Waals surface area contributed by atoms with Crippen LogP contribution in [0.2, 0.25) is 0 Å². The highest BCUT2D eigenvalue weighted by Gasteiger charge is 2.27. The summed E-state index contributed by atoms with van der Waals surface area (Å²) in [5.41, 5.74) is 1.18. The number of nitrogens with zero attached hydrogens (tertiary/aromatic N) is 3. The van der Waals surface area contributed by atoms with Crippen molar-refractivity contribution in [1.29, 1.82) is 0 Å². The van der Waals surface area contributed by atoms with Crippen LogP contribution in [0, 0.1) is 5.92 Å². The minimum Gasteiger partial charge on any atom is -0.328 e. The lowest BCUT2D eigenvalue weighted by Crippen LogP contribution is -2.38. The van der Waals surface area contributed by atoms with E-state index in [4.69, 9.17) is 0 Å². The van der Waals surface area contributed by atoms with Crippen molar-refractivity contribution in [3.8, 4) is 0 Å². The molecule has 4 heteroatoms. The van der Waals surface area contributed by atoms with Crippen molar-refractivity contribution < 1.29 is 0 Å². The van der Waals surface area contributed by atoms with E-state index in [2.05, 4.69) is 61.6 Å². The van der Waals surface area contributed by atoms with E-state index < -0.39 is 0 Å². The maximum absolute atomic E-state index is 4.35. The summed E-state index contributed by atoms with van der Waals surface area (Å²) >= 11 is 0. The zero-order valence-corrected chi connectivity index (χ0v) is 12.9.